The van der Waals surface area contributed by atoms with Crippen molar-refractivity contribution in [3.8, 4) is 0 Å². The van der Waals surface area contributed by atoms with Gasteiger partial charge < -0.3 is 10.6 Å². The number of nitrogens with one attached hydrogen (secondary N) is 2. The Morgan fingerprint density at radius 3 is 1.96 bits per heavy atom. The molecule has 0 heterocycles. The highest BCUT2D eigenvalue weighted by Gasteiger charge is 2.37. The number of hydrogen-bond acceptors (Lipinski definition) is 1. The second-order valence-corrected chi connectivity index (χ2v) is 5.80. The van der Waals surface area contributed by atoms with Crippen LogP contribution < -0.4 is 10.6 Å². The zero-order valence-electron chi connectivity index (χ0n) is 13.0. The second-order valence-electron chi connectivity index (χ2n) is 5.80. The van der Waals surface area contributed by atoms with E-state index in [9.17, 15) is 31.1 Å². The van der Waals surface area contributed by atoms with Crippen molar-refractivity contribution in [3.05, 3.63) is 41.6 Å². The van der Waals surface area contributed by atoms with Crippen molar-refractivity contribution in [2.75, 3.05) is 5.32 Å². The number of amides is 2. The lowest BCUT2D eigenvalue weighted by Gasteiger charge is -2.14. The smallest absolute Gasteiger partial charge is 0.315 e. The maximum absolute atomic E-state index is 12.7. The van der Waals surface area contributed by atoms with Gasteiger partial charge >= 0.3 is 18.4 Å². The molecule has 0 aliphatic heterocycles. The summed E-state index contributed by atoms with van der Waals surface area (Å²) in [4.78, 5) is 11.7. The van der Waals surface area contributed by atoms with E-state index in [1.165, 1.54) is 6.20 Å². The number of carbonyl (C=O) groups is 1. The fourth-order valence-corrected chi connectivity index (χ4v) is 2.60. The van der Waals surface area contributed by atoms with Crippen LogP contribution in [0.15, 0.2) is 30.5 Å². The van der Waals surface area contributed by atoms with Gasteiger partial charge in [0.2, 0.25) is 0 Å². The van der Waals surface area contributed by atoms with E-state index in [1.54, 1.807) is 6.08 Å². The van der Waals surface area contributed by atoms with Crippen LogP contribution >= 0.6 is 0 Å². The molecule has 9 heteroatoms. The fourth-order valence-electron chi connectivity index (χ4n) is 2.60. The molecule has 1 aliphatic carbocycles. The number of urea groups is 1. The van der Waals surface area contributed by atoms with Gasteiger partial charge in [0.1, 0.15) is 0 Å². The van der Waals surface area contributed by atoms with Gasteiger partial charge in [-0.3, -0.25) is 0 Å². The van der Waals surface area contributed by atoms with E-state index in [0.717, 1.165) is 25.7 Å². The van der Waals surface area contributed by atoms with Gasteiger partial charge in [-0.1, -0.05) is 18.9 Å². The molecular weight excluding hydrogens is 350 g/mol. The standard InChI is InChI=1S/C16H16F6N2O/c17-15(18,19)11-7-12(16(20,21)22)9-13(8-11)24-14(25)23-6-5-10-3-1-2-4-10/h5-10H,1-4H2,(H2,23,24,25)/b6-5+. The van der Waals surface area contributed by atoms with Crippen molar-refractivity contribution >= 4 is 11.7 Å². The first-order chi connectivity index (χ1) is 11.6. The molecule has 0 spiro atoms. The largest absolute Gasteiger partial charge is 0.416 e. The van der Waals surface area contributed by atoms with E-state index in [1.807, 2.05) is 5.32 Å². The van der Waals surface area contributed by atoms with Crippen LogP contribution in [-0.2, 0) is 12.4 Å². The third-order valence-electron chi connectivity index (χ3n) is 3.83. The van der Waals surface area contributed by atoms with Gasteiger partial charge in [0, 0.05) is 11.9 Å². The highest BCUT2D eigenvalue weighted by atomic mass is 19.4. The number of alkyl halides is 6. The van der Waals surface area contributed by atoms with Crippen LogP contribution in [0.3, 0.4) is 0 Å². The number of rotatable bonds is 3. The molecule has 1 saturated carbocycles. The minimum Gasteiger partial charge on any atom is -0.315 e. The Morgan fingerprint density at radius 1 is 0.960 bits per heavy atom. The van der Waals surface area contributed by atoms with Gasteiger partial charge in [0.25, 0.3) is 0 Å². The summed E-state index contributed by atoms with van der Waals surface area (Å²) in [5, 5.41) is 4.27. The van der Waals surface area contributed by atoms with Crippen molar-refractivity contribution in [3.63, 3.8) is 0 Å². The van der Waals surface area contributed by atoms with Crippen LogP contribution in [0, 0.1) is 5.92 Å². The topological polar surface area (TPSA) is 41.1 Å². The number of hydrogen-bond donors (Lipinski definition) is 2. The molecular formula is C16H16F6N2O. The Kier molecular flexibility index (Phi) is 5.64. The molecule has 2 amide bonds. The SMILES string of the molecule is O=C(N/C=C/C1CCCC1)Nc1cc(C(F)(F)F)cc(C(F)(F)F)c1. The molecule has 2 N–H and O–H groups in total. The summed E-state index contributed by atoms with van der Waals surface area (Å²) in [6.07, 6.45) is -2.65. The Balaban J connectivity index is 2.10. The lowest BCUT2D eigenvalue weighted by molar-refractivity contribution is -0.143. The van der Waals surface area contributed by atoms with Crippen molar-refractivity contribution in [1.82, 2.24) is 5.32 Å². The Morgan fingerprint density at radius 2 is 1.48 bits per heavy atom. The number of carbonyl (C=O) groups excluding carboxylic acids is 1. The maximum Gasteiger partial charge on any atom is 0.416 e. The predicted octanol–water partition coefficient (Wildman–Crippen LogP) is 5.55. The molecule has 1 fully saturated rings. The molecule has 0 unspecified atom stereocenters. The zero-order chi connectivity index (χ0) is 18.7. The van der Waals surface area contributed by atoms with E-state index in [-0.39, 0.29) is 6.07 Å². The van der Waals surface area contributed by atoms with Crippen LogP contribution in [0.5, 0.6) is 0 Å². The first-order valence-corrected chi connectivity index (χ1v) is 7.59. The molecule has 3 nitrogen and oxygen atoms in total. The molecule has 1 aromatic rings. The van der Waals surface area contributed by atoms with Crippen molar-refractivity contribution in [2.45, 2.75) is 38.0 Å². The van der Waals surface area contributed by atoms with Gasteiger partial charge in [0.05, 0.1) is 11.1 Å². The van der Waals surface area contributed by atoms with Crippen molar-refractivity contribution in [1.29, 1.82) is 0 Å². The average molecular weight is 366 g/mol. The summed E-state index contributed by atoms with van der Waals surface area (Å²) in [7, 11) is 0. The number of anilines is 1. The average Bonchev–Trinajstić information content (AvgIpc) is 2.98. The molecule has 0 radical (unpaired) electrons. The first kappa shape index (κ1) is 19.1. The third kappa shape index (κ3) is 5.68. The molecule has 0 bridgehead atoms. The Labute approximate surface area is 140 Å². The van der Waals surface area contributed by atoms with Crippen LogP contribution in [0.1, 0.15) is 36.8 Å². The Bertz CT molecular complexity index is 613. The first-order valence-electron chi connectivity index (χ1n) is 7.59. The van der Waals surface area contributed by atoms with E-state index in [4.69, 9.17) is 0 Å². The predicted molar refractivity (Wildman–Crippen MR) is 79.7 cm³/mol. The molecule has 2 rings (SSSR count). The molecule has 0 aromatic heterocycles. The quantitative estimate of drug-likeness (QED) is 0.677. The molecule has 25 heavy (non-hydrogen) atoms. The zero-order valence-corrected chi connectivity index (χ0v) is 13.0. The van der Waals surface area contributed by atoms with Gasteiger partial charge in [0.15, 0.2) is 0 Å². The molecule has 0 saturated heterocycles. The Hall–Kier alpha value is -2.19. The summed E-state index contributed by atoms with van der Waals surface area (Å²) in [6.45, 7) is 0. The van der Waals surface area contributed by atoms with Gasteiger partial charge in [-0.15, -0.1) is 0 Å². The van der Waals surface area contributed by atoms with Crippen LogP contribution in [-0.4, -0.2) is 6.03 Å². The van der Waals surface area contributed by atoms with Crippen molar-refractivity contribution in [2.24, 2.45) is 5.92 Å². The van der Waals surface area contributed by atoms with Crippen molar-refractivity contribution < 1.29 is 31.1 Å². The normalized spacial score (nSPS) is 16.4. The summed E-state index contributed by atoms with van der Waals surface area (Å²) in [5.41, 5.74) is -3.56. The highest BCUT2D eigenvalue weighted by molar-refractivity contribution is 5.90. The van der Waals surface area contributed by atoms with E-state index < -0.39 is 35.2 Å². The molecule has 1 aliphatic rings. The summed E-state index contributed by atoms with van der Waals surface area (Å²) in [5.74, 6) is 0.325. The summed E-state index contributed by atoms with van der Waals surface area (Å²) >= 11 is 0. The number of benzene rings is 1. The minimum atomic E-state index is -4.96. The minimum absolute atomic E-state index is 0.00306. The van der Waals surface area contributed by atoms with Gasteiger partial charge in [-0.25, -0.2) is 4.79 Å². The molecule has 138 valence electrons. The molecule has 0 atom stereocenters. The molecule has 1 aromatic carbocycles. The second kappa shape index (κ2) is 7.37. The summed E-state index contributed by atoms with van der Waals surface area (Å²) in [6, 6.07) is -0.00429. The number of halogens is 6. The van der Waals surface area contributed by atoms with E-state index in [0.29, 0.717) is 18.1 Å². The van der Waals surface area contributed by atoms with Crippen LogP contribution in [0.4, 0.5) is 36.8 Å². The maximum atomic E-state index is 12.7. The monoisotopic (exact) mass is 366 g/mol. The van der Waals surface area contributed by atoms with Crippen LogP contribution in [0.2, 0.25) is 0 Å². The van der Waals surface area contributed by atoms with E-state index in [2.05, 4.69) is 5.32 Å². The van der Waals surface area contributed by atoms with E-state index >= 15 is 0 Å². The highest BCUT2D eigenvalue weighted by Crippen LogP contribution is 2.37. The van der Waals surface area contributed by atoms with Gasteiger partial charge in [-0.2, -0.15) is 26.3 Å². The lowest BCUT2D eigenvalue weighted by Crippen LogP contribution is -2.24. The van der Waals surface area contributed by atoms with Crippen LogP contribution in [0.25, 0.3) is 0 Å². The van der Waals surface area contributed by atoms with Gasteiger partial charge in [-0.05, 0) is 37.0 Å². The third-order valence-corrected chi connectivity index (χ3v) is 3.83. The lowest BCUT2D eigenvalue weighted by atomic mass is 10.1. The number of allylic oxidation sites excluding steroid dienone is 1. The summed E-state index contributed by atoms with van der Waals surface area (Å²) < 4.78 is 76.5. The fraction of sp³-hybridized carbons (Fsp3) is 0.438.